The Kier molecular flexibility index (Phi) is 3.30. The van der Waals surface area contributed by atoms with E-state index >= 15 is 0 Å². The average Bonchev–Trinajstić information content (AvgIpc) is 2.83. The van der Waals surface area contributed by atoms with Gasteiger partial charge in [-0.05, 0) is 24.6 Å². The highest BCUT2D eigenvalue weighted by molar-refractivity contribution is 5.58. The molecule has 1 fully saturated rings. The Labute approximate surface area is 118 Å². The highest BCUT2D eigenvalue weighted by Gasteiger charge is 2.26. The van der Waals surface area contributed by atoms with Crippen LogP contribution in [0.15, 0.2) is 24.4 Å². The minimum Gasteiger partial charge on any atom is -0.302 e. The van der Waals surface area contributed by atoms with E-state index in [1.807, 2.05) is 36.9 Å². The van der Waals surface area contributed by atoms with Crippen LogP contribution in [0.4, 0.5) is 4.39 Å². The lowest BCUT2D eigenvalue weighted by Crippen LogP contribution is -2.45. The maximum absolute atomic E-state index is 14.0. The van der Waals surface area contributed by atoms with Crippen molar-refractivity contribution in [2.75, 3.05) is 20.1 Å². The fourth-order valence-electron chi connectivity index (χ4n) is 2.58. The molecule has 0 atom stereocenters. The van der Waals surface area contributed by atoms with Gasteiger partial charge in [-0.3, -0.25) is 0 Å². The summed E-state index contributed by atoms with van der Waals surface area (Å²) in [6.45, 7) is 5.95. The summed E-state index contributed by atoms with van der Waals surface area (Å²) in [7, 11) is 2.08. The Bertz CT molecular complexity index is 614. The van der Waals surface area contributed by atoms with Crippen LogP contribution >= 0.6 is 0 Å². The molecule has 2 heterocycles. The van der Waals surface area contributed by atoms with Crippen molar-refractivity contribution >= 4 is 0 Å². The first kappa shape index (κ1) is 13.2. The van der Waals surface area contributed by atoms with Crippen molar-refractivity contribution in [1.29, 1.82) is 0 Å². The van der Waals surface area contributed by atoms with Gasteiger partial charge in [-0.15, -0.1) is 5.10 Å². The largest absolute Gasteiger partial charge is 0.302 e. The average molecular weight is 274 g/mol. The third kappa shape index (κ3) is 2.33. The summed E-state index contributed by atoms with van der Waals surface area (Å²) < 4.78 is 15.9. The first-order valence-corrected chi connectivity index (χ1v) is 6.95. The van der Waals surface area contributed by atoms with Gasteiger partial charge >= 0.3 is 0 Å². The minimum absolute atomic E-state index is 0.171. The van der Waals surface area contributed by atoms with Gasteiger partial charge in [-0.2, -0.15) is 0 Å². The van der Waals surface area contributed by atoms with E-state index in [0.717, 1.165) is 29.9 Å². The molecule has 0 amide bonds. The molecule has 1 aliphatic heterocycles. The maximum atomic E-state index is 14.0. The Balaban J connectivity index is 1.84. The molecule has 5 heteroatoms. The summed E-state index contributed by atoms with van der Waals surface area (Å²) in [6.07, 6.45) is 1.90. The second kappa shape index (κ2) is 4.98. The smallest absolute Gasteiger partial charge is 0.127 e. The fraction of sp³-hybridized carbons (Fsp3) is 0.467. The van der Waals surface area contributed by atoms with E-state index in [4.69, 9.17) is 0 Å². The number of hydrogen-bond acceptors (Lipinski definition) is 3. The van der Waals surface area contributed by atoms with Crippen molar-refractivity contribution < 1.29 is 4.39 Å². The molecule has 2 aromatic rings. The van der Waals surface area contributed by atoms with Gasteiger partial charge in [-0.1, -0.05) is 31.2 Å². The summed E-state index contributed by atoms with van der Waals surface area (Å²) in [5.41, 5.74) is 2.25. The maximum Gasteiger partial charge on any atom is 0.127 e. The van der Waals surface area contributed by atoms with Crippen molar-refractivity contribution in [3.63, 3.8) is 0 Å². The zero-order valence-electron chi connectivity index (χ0n) is 12.0. The van der Waals surface area contributed by atoms with Crippen molar-refractivity contribution in [1.82, 2.24) is 19.9 Å². The molecular weight excluding hydrogens is 255 g/mol. The molecule has 106 valence electrons. The Morgan fingerprint density at radius 2 is 2.05 bits per heavy atom. The van der Waals surface area contributed by atoms with Crippen LogP contribution in [0, 0.1) is 5.82 Å². The lowest BCUT2D eigenvalue weighted by Gasteiger charge is -2.35. The highest BCUT2D eigenvalue weighted by Crippen LogP contribution is 2.25. The first-order valence-electron chi connectivity index (χ1n) is 6.95. The standard InChI is InChI=1S/C15H19FN4/c1-10(2)13-5-4-11(6-14(13)16)15-9-20(18-17-15)12-7-19(3)8-12/h4-6,9-10,12H,7-8H2,1-3H3. The molecule has 1 aliphatic rings. The van der Waals surface area contributed by atoms with E-state index in [0.29, 0.717) is 6.04 Å². The second-order valence-electron chi connectivity index (χ2n) is 5.85. The highest BCUT2D eigenvalue weighted by atomic mass is 19.1. The fourth-order valence-corrected chi connectivity index (χ4v) is 2.58. The molecule has 1 saturated heterocycles. The summed E-state index contributed by atoms with van der Waals surface area (Å²) >= 11 is 0. The normalized spacial score (nSPS) is 16.6. The lowest BCUT2D eigenvalue weighted by atomic mass is 10.00. The summed E-state index contributed by atoms with van der Waals surface area (Å²) in [6, 6.07) is 5.70. The molecule has 0 spiro atoms. The number of likely N-dealkylation sites (tertiary alicyclic amines) is 1. The van der Waals surface area contributed by atoms with E-state index in [2.05, 4.69) is 22.3 Å². The summed E-state index contributed by atoms with van der Waals surface area (Å²) in [5.74, 6) is 0.0145. The number of halogens is 1. The molecule has 0 bridgehead atoms. The molecule has 0 N–H and O–H groups in total. The van der Waals surface area contributed by atoms with E-state index in [1.54, 1.807) is 6.07 Å². The van der Waals surface area contributed by atoms with Gasteiger partial charge in [0.25, 0.3) is 0 Å². The number of likely N-dealkylation sites (N-methyl/N-ethyl adjacent to an activating group) is 1. The molecule has 0 saturated carbocycles. The van der Waals surface area contributed by atoms with Crippen LogP contribution in [0.25, 0.3) is 11.3 Å². The molecule has 20 heavy (non-hydrogen) atoms. The SMILES string of the molecule is CC(C)c1ccc(-c2cn(C3CN(C)C3)nn2)cc1F. The quantitative estimate of drug-likeness (QED) is 0.863. The number of aromatic nitrogens is 3. The molecule has 1 aromatic carbocycles. The number of rotatable bonds is 3. The van der Waals surface area contributed by atoms with Gasteiger partial charge in [0.15, 0.2) is 0 Å². The van der Waals surface area contributed by atoms with Crippen molar-refractivity contribution in [3.05, 3.63) is 35.8 Å². The van der Waals surface area contributed by atoms with E-state index in [1.165, 1.54) is 0 Å². The van der Waals surface area contributed by atoms with Crippen molar-refractivity contribution in [2.45, 2.75) is 25.8 Å². The van der Waals surface area contributed by atoms with E-state index < -0.39 is 0 Å². The third-order valence-electron chi connectivity index (χ3n) is 3.85. The number of benzene rings is 1. The number of nitrogens with zero attached hydrogens (tertiary/aromatic N) is 4. The predicted octanol–water partition coefficient (Wildman–Crippen LogP) is 2.69. The zero-order chi connectivity index (χ0) is 14.3. The van der Waals surface area contributed by atoms with Crippen LogP contribution in [0.5, 0.6) is 0 Å². The van der Waals surface area contributed by atoms with Gasteiger partial charge in [0.2, 0.25) is 0 Å². The van der Waals surface area contributed by atoms with Crippen LogP contribution in [0.2, 0.25) is 0 Å². The Morgan fingerprint density at radius 1 is 1.30 bits per heavy atom. The van der Waals surface area contributed by atoms with Crippen molar-refractivity contribution in [2.24, 2.45) is 0 Å². The first-order chi connectivity index (χ1) is 9.54. The molecule has 0 unspecified atom stereocenters. The molecule has 0 aliphatic carbocycles. The van der Waals surface area contributed by atoms with E-state index in [-0.39, 0.29) is 11.7 Å². The minimum atomic E-state index is -0.171. The Hall–Kier alpha value is -1.75. The monoisotopic (exact) mass is 274 g/mol. The molecular formula is C15H19FN4. The number of hydrogen-bond donors (Lipinski definition) is 0. The molecule has 1 aromatic heterocycles. The van der Waals surface area contributed by atoms with Gasteiger partial charge in [0.1, 0.15) is 11.5 Å². The van der Waals surface area contributed by atoms with Crippen LogP contribution < -0.4 is 0 Å². The zero-order valence-corrected chi connectivity index (χ0v) is 12.0. The second-order valence-corrected chi connectivity index (χ2v) is 5.85. The molecule has 0 radical (unpaired) electrons. The van der Waals surface area contributed by atoms with Crippen LogP contribution in [-0.2, 0) is 0 Å². The van der Waals surface area contributed by atoms with Crippen LogP contribution in [0.1, 0.15) is 31.4 Å². The summed E-state index contributed by atoms with van der Waals surface area (Å²) in [5, 5.41) is 8.31. The molecule has 4 nitrogen and oxygen atoms in total. The van der Waals surface area contributed by atoms with Crippen LogP contribution in [-0.4, -0.2) is 40.0 Å². The van der Waals surface area contributed by atoms with E-state index in [9.17, 15) is 4.39 Å². The topological polar surface area (TPSA) is 34.0 Å². The van der Waals surface area contributed by atoms with Crippen LogP contribution in [0.3, 0.4) is 0 Å². The van der Waals surface area contributed by atoms with Gasteiger partial charge in [0, 0.05) is 18.7 Å². The molecule has 3 rings (SSSR count). The lowest BCUT2D eigenvalue weighted by molar-refractivity contribution is 0.129. The van der Waals surface area contributed by atoms with Gasteiger partial charge in [0.05, 0.1) is 12.2 Å². The Morgan fingerprint density at radius 3 is 2.65 bits per heavy atom. The summed E-state index contributed by atoms with van der Waals surface area (Å²) in [4.78, 5) is 2.23. The third-order valence-corrected chi connectivity index (χ3v) is 3.85. The van der Waals surface area contributed by atoms with Gasteiger partial charge in [-0.25, -0.2) is 9.07 Å². The van der Waals surface area contributed by atoms with Crippen molar-refractivity contribution in [3.8, 4) is 11.3 Å². The predicted molar refractivity (Wildman–Crippen MR) is 76.0 cm³/mol. The van der Waals surface area contributed by atoms with Gasteiger partial charge < -0.3 is 4.90 Å².